The third-order valence-electron chi connectivity index (χ3n) is 4.16. The number of carbonyl (C=O) groups is 2. The lowest BCUT2D eigenvalue weighted by molar-refractivity contribution is -0.159. The van der Waals surface area contributed by atoms with Gasteiger partial charge in [-0.3, -0.25) is 13.8 Å². The molecule has 0 unspecified atom stereocenters. The summed E-state index contributed by atoms with van der Waals surface area (Å²) >= 11 is 0. The Kier molecular flexibility index (Phi) is 5.88. The molecule has 2 aromatic carbocycles. The predicted molar refractivity (Wildman–Crippen MR) is 95.9 cm³/mol. The Bertz CT molecular complexity index is 898. The number of hydrogen-bond donors (Lipinski definition) is 0. The number of ether oxygens (including phenoxy) is 1. The molecule has 0 saturated carbocycles. The van der Waals surface area contributed by atoms with E-state index in [2.05, 4.69) is 0 Å². The molecule has 0 spiro atoms. The Hall–Kier alpha value is -2.71. The Morgan fingerprint density at radius 3 is 2.30 bits per heavy atom. The molecule has 0 aromatic heterocycles. The SMILES string of the molecule is O=C(CN1C(=O)C[C@H]1COS(=O)(=O)c1ccccc1)OCc1ccccc1. The summed E-state index contributed by atoms with van der Waals surface area (Å²) in [6.45, 7) is -0.314. The molecule has 1 atom stereocenters. The zero-order valence-electron chi connectivity index (χ0n) is 14.5. The van der Waals surface area contributed by atoms with E-state index in [1.807, 2.05) is 30.3 Å². The maximum absolute atomic E-state index is 12.1. The summed E-state index contributed by atoms with van der Waals surface area (Å²) in [6.07, 6.45) is 0.135. The second kappa shape index (κ2) is 8.32. The highest BCUT2D eigenvalue weighted by Gasteiger charge is 2.38. The lowest BCUT2D eigenvalue weighted by atomic mass is 10.0. The number of nitrogens with zero attached hydrogens (tertiary/aromatic N) is 1. The van der Waals surface area contributed by atoms with Crippen molar-refractivity contribution in [2.24, 2.45) is 0 Å². The molecule has 0 bridgehead atoms. The number of benzene rings is 2. The molecule has 1 heterocycles. The molecule has 142 valence electrons. The van der Waals surface area contributed by atoms with E-state index in [1.165, 1.54) is 17.0 Å². The van der Waals surface area contributed by atoms with Crippen LogP contribution in [0.4, 0.5) is 0 Å². The molecule has 8 heteroatoms. The Labute approximate surface area is 157 Å². The molecule has 1 aliphatic heterocycles. The molecule has 1 amide bonds. The fourth-order valence-corrected chi connectivity index (χ4v) is 3.60. The van der Waals surface area contributed by atoms with Crippen LogP contribution in [0.15, 0.2) is 65.6 Å². The monoisotopic (exact) mass is 389 g/mol. The van der Waals surface area contributed by atoms with E-state index in [0.29, 0.717) is 0 Å². The van der Waals surface area contributed by atoms with Gasteiger partial charge in [-0.25, -0.2) is 0 Å². The van der Waals surface area contributed by atoms with Crippen LogP contribution >= 0.6 is 0 Å². The third kappa shape index (κ3) is 4.93. The highest BCUT2D eigenvalue weighted by atomic mass is 32.2. The number of rotatable bonds is 8. The summed E-state index contributed by atoms with van der Waals surface area (Å²) in [5.74, 6) is -0.791. The van der Waals surface area contributed by atoms with Gasteiger partial charge in [0.05, 0.1) is 17.5 Å². The first-order chi connectivity index (χ1) is 13.0. The summed E-state index contributed by atoms with van der Waals surface area (Å²) in [4.78, 5) is 25.0. The smallest absolute Gasteiger partial charge is 0.325 e. The number of likely N-dealkylation sites (tertiary alicyclic amines) is 1. The van der Waals surface area contributed by atoms with Crippen LogP contribution in [-0.4, -0.2) is 44.4 Å². The topological polar surface area (TPSA) is 90.0 Å². The third-order valence-corrected chi connectivity index (χ3v) is 5.46. The van der Waals surface area contributed by atoms with Crippen molar-refractivity contribution >= 4 is 22.0 Å². The van der Waals surface area contributed by atoms with Gasteiger partial charge in [0.25, 0.3) is 10.1 Å². The Morgan fingerprint density at radius 1 is 1.04 bits per heavy atom. The van der Waals surface area contributed by atoms with Crippen molar-refractivity contribution < 1.29 is 26.9 Å². The zero-order chi connectivity index (χ0) is 19.3. The van der Waals surface area contributed by atoms with Crippen LogP contribution in [0.5, 0.6) is 0 Å². The summed E-state index contributed by atoms with van der Waals surface area (Å²) in [6, 6.07) is 16.5. The van der Waals surface area contributed by atoms with Crippen molar-refractivity contribution in [3.8, 4) is 0 Å². The normalized spacial score (nSPS) is 16.7. The quantitative estimate of drug-likeness (QED) is 0.388. The summed E-state index contributed by atoms with van der Waals surface area (Å²) in [7, 11) is -3.90. The van der Waals surface area contributed by atoms with Crippen molar-refractivity contribution in [1.29, 1.82) is 0 Å². The first-order valence-electron chi connectivity index (χ1n) is 8.39. The molecule has 0 aliphatic carbocycles. The van der Waals surface area contributed by atoms with Crippen molar-refractivity contribution in [3.63, 3.8) is 0 Å². The molecular weight excluding hydrogens is 370 g/mol. The van der Waals surface area contributed by atoms with Gasteiger partial charge in [0.15, 0.2) is 0 Å². The number of carbonyl (C=O) groups excluding carboxylic acids is 2. The minimum Gasteiger partial charge on any atom is -0.459 e. The zero-order valence-corrected chi connectivity index (χ0v) is 15.3. The second-order valence-electron chi connectivity index (χ2n) is 6.08. The van der Waals surface area contributed by atoms with Crippen molar-refractivity contribution in [2.45, 2.75) is 24.0 Å². The van der Waals surface area contributed by atoms with E-state index in [-0.39, 0.29) is 37.0 Å². The highest BCUT2D eigenvalue weighted by molar-refractivity contribution is 7.86. The van der Waals surface area contributed by atoms with Gasteiger partial charge < -0.3 is 9.64 Å². The van der Waals surface area contributed by atoms with E-state index in [0.717, 1.165) is 5.56 Å². The maximum atomic E-state index is 12.1. The molecule has 27 heavy (non-hydrogen) atoms. The van der Waals surface area contributed by atoms with Crippen LogP contribution in [-0.2, 0) is 35.2 Å². The molecule has 3 rings (SSSR count). The predicted octanol–water partition coefficient (Wildman–Crippen LogP) is 1.74. The number of β-lactam (4-membered cyclic amide) rings is 1. The Balaban J connectivity index is 1.49. The van der Waals surface area contributed by atoms with Crippen LogP contribution in [0.25, 0.3) is 0 Å². The van der Waals surface area contributed by atoms with Crippen LogP contribution in [0.2, 0.25) is 0 Å². The van der Waals surface area contributed by atoms with Gasteiger partial charge in [0.2, 0.25) is 5.91 Å². The van der Waals surface area contributed by atoms with Crippen LogP contribution in [0.3, 0.4) is 0 Å². The molecule has 1 fully saturated rings. The minimum absolute atomic E-state index is 0.0458. The molecule has 2 aromatic rings. The molecule has 0 radical (unpaired) electrons. The molecule has 0 N–H and O–H groups in total. The van der Waals surface area contributed by atoms with E-state index in [1.54, 1.807) is 18.2 Å². The first kappa shape index (κ1) is 19.1. The van der Waals surface area contributed by atoms with Crippen LogP contribution in [0, 0.1) is 0 Å². The second-order valence-corrected chi connectivity index (χ2v) is 7.69. The lowest BCUT2D eigenvalue weighted by Crippen LogP contribution is -2.56. The molecule has 1 aliphatic rings. The van der Waals surface area contributed by atoms with Crippen molar-refractivity contribution in [3.05, 3.63) is 66.2 Å². The summed E-state index contributed by atoms with van der Waals surface area (Å²) in [5, 5.41) is 0. The average Bonchev–Trinajstić information content (AvgIpc) is 2.69. The van der Waals surface area contributed by atoms with Crippen molar-refractivity contribution in [1.82, 2.24) is 4.90 Å². The minimum atomic E-state index is -3.90. The number of esters is 1. The van der Waals surface area contributed by atoms with E-state index < -0.39 is 22.1 Å². The van der Waals surface area contributed by atoms with Crippen LogP contribution in [0.1, 0.15) is 12.0 Å². The van der Waals surface area contributed by atoms with Gasteiger partial charge in [-0.2, -0.15) is 8.42 Å². The first-order valence-corrected chi connectivity index (χ1v) is 9.80. The van der Waals surface area contributed by atoms with Gasteiger partial charge in [-0.15, -0.1) is 0 Å². The van der Waals surface area contributed by atoms with Gasteiger partial charge in [0.1, 0.15) is 13.2 Å². The highest BCUT2D eigenvalue weighted by Crippen LogP contribution is 2.21. The van der Waals surface area contributed by atoms with Gasteiger partial charge >= 0.3 is 5.97 Å². The fourth-order valence-electron chi connectivity index (χ4n) is 2.63. The Morgan fingerprint density at radius 2 is 1.67 bits per heavy atom. The van der Waals surface area contributed by atoms with Crippen molar-refractivity contribution in [2.75, 3.05) is 13.2 Å². The molecule has 7 nitrogen and oxygen atoms in total. The van der Waals surface area contributed by atoms with E-state index in [9.17, 15) is 18.0 Å². The standard InChI is InChI=1S/C19H19NO6S/c21-18-11-16(14-26-27(23,24)17-9-5-2-6-10-17)20(18)12-19(22)25-13-15-7-3-1-4-8-15/h1-10,16H,11-14H2/t16-/m0/s1. The fraction of sp³-hybridized carbons (Fsp3) is 0.263. The number of amides is 1. The van der Waals surface area contributed by atoms with Crippen LogP contribution < -0.4 is 0 Å². The lowest BCUT2D eigenvalue weighted by Gasteiger charge is -2.39. The molecular formula is C19H19NO6S. The van der Waals surface area contributed by atoms with E-state index in [4.69, 9.17) is 8.92 Å². The molecule has 1 saturated heterocycles. The van der Waals surface area contributed by atoms with E-state index >= 15 is 0 Å². The van der Waals surface area contributed by atoms with Gasteiger partial charge in [-0.05, 0) is 17.7 Å². The maximum Gasteiger partial charge on any atom is 0.325 e. The van der Waals surface area contributed by atoms with Gasteiger partial charge in [0, 0.05) is 6.42 Å². The number of hydrogen-bond acceptors (Lipinski definition) is 6. The van der Waals surface area contributed by atoms with Gasteiger partial charge in [-0.1, -0.05) is 48.5 Å². The largest absolute Gasteiger partial charge is 0.459 e. The summed E-state index contributed by atoms with van der Waals surface area (Å²) in [5.41, 5.74) is 0.842. The average molecular weight is 389 g/mol. The summed E-state index contributed by atoms with van der Waals surface area (Å²) < 4.78 is 34.4.